The van der Waals surface area contributed by atoms with Crippen LogP contribution in [0.1, 0.15) is 5.69 Å². The first-order valence-corrected chi connectivity index (χ1v) is 8.44. The number of aromatic nitrogens is 6. The minimum atomic E-state index is 0.566. The molecule has 0 amide bonds. The molecule has 1 aromatic carbocycles. The van der Waals surface area contributed by atoms with Crippen molar-refractivity contribution < 1.29 is 0 Å². The van der Waals surface area contributed by atoms with Gasteiger partial charge in [-0.2, -0.15) is 9.61 Å². The Morgan fingerprint density at radius 2 is 1.82 bits per heavy atom. The monoisotopic (exact) mass is 368 g/mol. The van der Waals surface area contributed by atoms with E-state index in [1.807, 2.05) is 19.1 Å². The van der Waals surface area contributed by atoms with Gasteiger partial charge in [-0.05, 0) is 36.7 Å². The quantitative estimate of drug-likeness (QED) is 0.535. The molecule has 0 atom stereocenters. The third kappa shape index (κ3) is 2.28. The lowest BCUT2D eigenvalue weighted by atomic mass is 10.2. The molecule has 0 aliphatic heterocycles. The van der Waals surface area contributed by atoms with Gasteiger partial charge in [0, 0.05) is 15.6 Å². The van der Waals surface area contributed by atoms with E-state index in [1.165, 1.54) is 22.9 Å². The average molecular weight is 369 g/mol. The maximum atomic E-state index is 6.05. The first-order chi connectivity index (χ1) is 10.6. The molecule has 6 nitrogen and oxygen atoms in total. The predicted molar refractivity (Wildman–Crippen MR) is 87.8 cm³/mol. The van der Waals surface area contributed by atoms with Crippen LogP contribution in [0.5, 0.6) is 0 Å². The Kier molecular flexibility index (Phi) is 3.33. The molecule has 22 heavy (non-hydrogen) atoms. The van der Waals surface area contributed by atoms with Gasteiger partial charge in [0.25, 0.3) is 0 Å². The van der Waals surface area contributed by atoms with E-state index in [0.29, 0.717) is 20.8 Å². The molecular formula is C12H6Cl2N6S2. The highest BCUT2D eigenvalue weighted by Gasteiger charge is 2.18. The Balaban J connectivity index is 1.88. The largest absolute Gasteiger partial charge is 0.235 e. The Hall–Kier alpha value is -1.61. The Morgan fingerprint density at radius 3 is 2.50 bits per heavy atom. The zero-order chi connectivity index (χ0) is 15.3. The number of nitrogens with zero attached hydrogens (tertiary/aromatic N) is 6. The van der Waals surface area contributed by atoms with E-state index in [2.05, 4.69) is 24.9 Å². The van der Waals surface area contributed by atoms with Crippen LogP contribution in [-0.2, 0) is 0 Å². The summed E-state index contributed by atoms with van der Waals surface area (Å²) in [5.41, 5.74) is 1.65. The summed E-state index contributed by atoms with van der Waals surface area (Å²) in [4.78, 5) is 1.54. The van der Waals surface area contributed by atoms with Crippen molar-refractivity contribution in [1.29, 1.82) is 0 Å². The molecule has 0 saturated carbocycles. The summed E-state index contributed by atoms with van der Waals surface area (Å²) >= 11 is 14.8. The summed E-state index contributed by atoms with van der Waals surface area (Å²) in [6.07, 6.45) is 0. The van der Waals surface area contributed by atoms with Crippen LogP contribution in [0.15, 0.2) is 18.2 Å². The second-order valence-corrected chi connectivity index (χ2v) is 7.05. The molecule has 4 rings (SSSR count). The van der Waals surface area contributed by atoms with Crippen molar-refractivity contribution in [3.05, 3.63) is 33.9 Å². The van der Waals surface area contributed by atoms with E-state index in [1.54, 1.807) is 10.6 Å². The van der Waals surface area contributed by atoms with Crippen molar-refractivity contribution in [1.82, 2.24) is 29.4 Å². The minimum Gasteiger partial charge on any atom is -0.181 e. The van der Waals surface area contributed by atoms with Crippen LogP contribution < -0.4 is 0 Å². The van der Waals surface area contributed by atoms with Crippen LogP contribution in [0.2, 0.25) is 10.0 Å². The van der Waals surface area contributed by atoms with Crippen molar-refractivity contribution >= 4 is 51.0 Å². The number of hydrogen-bond acceptors (Lipinski definition) is 7. The lowest BCUT2D eigenvalue weighted by molar-refractivity contribution is 0.969. The minimum absolute atomic E-state index is 0.566. The first kappa shape index (κ1) is 14.0. The number of fused-ring (bicyclic) bond motifs is 1. The van der Waals surface area contributed by atoms with E-state index in [-0.39, 0.29) is 0 Å². The molecule has 0 fully saturated rings. The molecule has 4 aromatic rings. The predicted octanol–water partition coefficient (Wildman–Crippen LogP) is 3.99. The summed E-state index contributed by atoms with van der Waals surface area (Å²) in [7, 11) is 0. The zero-order valence-corrected chi connectivity index (χ0v) is 14.1. The van der Waals surface area contributed by atoms with Gasteiger partial charge in [-0.15, -0.1) is 15.3 Å². The lowest BCUT2D eigenvalue weighted by Gasteiger charge is -1.98. The van der Waals surface area contributed by atoms with E-state index in [0.717, 1.165) is 21.1 Å². The van der Waals surface area contributed by atoms with Crippen molar-refractivity contribution in [2.75, 3.05) is 0 Å². The Bertz CT molecular complexity index is 969. The van der Waals surface area contributed by atoms with Gasteiger partial charge in [0.1, 0.15) is 9.88 Å². The van der Waals surface area contributed by atoms with Crippen LogP contribution in [0.3, 0.4) is 0 Å². The maximum absolute atomic E-state index is 6.05. The standard InChI is InChI=1S/C12H6Cl2N6S2/c1-5-9(22-19-15-5)10-16-17-12-20(10)18-11(21-12)6-2-7(13)4-8(14)3-6/h2-4H,1H3. The van der Waals surface area contributed by atoms with Gasteiger partial charge in [0.2, 0.25) is 4.96 Å². The highest BCUT2D eigenvalue weighted by atomic mass is 35.5. The fourth-order valence-corrected chi connectivity index (χ4v) is 3.97. The van der Waals surface area contributed by atoms with Gasteiger partial charge in [-0.3, -0.25) is 0 Å². The summed E-state index contributed by atoms with van der Waals surface area (Å²) in [5.74, 6) is 0.637. The molecule has 0 saturated heterocycles. The topological polar surface area (TPSA) is 68.9 Å². The second kappa shape index (κ2) is 5.24. The molecule has 110 valence electrons. The third-order valence-electron chi connectivity index (χ3n) is 2.96. The van der Waals surface area contributed by atoms with Crippen molar-refractivity contribution in [3.63, 3.8) is 0 Å². The molecule has 0 unspecified atom stereocenters. The van der Waals surface area contributed by atoms with E-state index >= 15 is 0 Å². The summed E-state index contributed by atoms with van der Waals surface area (Å²) in [6, 6.07) is 5.32. The third-order valence-corrected chi connectivity index (χ3v) is 5.16. The van der Waals surface area contributed by atoms with Crippen LogP contribution in [0, 0.1) is 6.92 Å². The number of aryl methyl sites for hydroxylation is 1. The fourth-order valence-electron chi connectivity index (χ4n) is 1.99. The normalized spacial score (nSPS) is 11.4. The SMILES string of the molecule is Cc1nnsc1-c1nnc2sc(-c3cc(Cl)cc(Cl)c3)nn12. The van der Waals surface area contributed by atoms with Crippen molar-refractivity contribution in [2.24, 2.45) is 0 Å². The lowest BCUT2D eigenvalue weighted by Crippen LogP contribution is -1.91. The van der Waals surface area contributed by atoms with Crippen LogP contribution >= 0.6 is 46.1 Å². The highest BCUT2D eigenvalue weighted by molar-refractivity contribution is 7.19. The molecule has 0 N–H and O–H groups in total. The number of halogens is 2. The maximum Gasteiger partial charge on any atom is 0.235 e. The van der Waals surface area contributed by atoms with Gasteiger partial charge in [-0.25, -0.2) is 0 Å². The molecule has 0 radical (unpaired) electrons. The number of hydrogen-bond donors (Lipinski definition) is 0. The molecule has 0 aliphatic rings. The Morgan fingerprint density at radius 1 is 1.05 bits per heavy atom. The molecule has 0 bridgehead atoms. The number of rotatable bonds is 2. The van der Waals surface area contributed by atoms with Gasteiger partial charge >= 0.3 is 0 Å². The van der Waals surface area contributed by atoms with Crippen molar-refractivity contribution in [3.8, 4) is 21.3 Å². The highest BCUT2D eigenvalue weighted by Crippen LogP contribution is 2.32. The Labute approximate surface area is 142 Å². The average Bonchev–Trinajstić information content (AvgIpc) is 3.12. The van der Waals surface area contributed by atoms with Gasteiger partial charge in [-0.1, -0.05) is 39.0 Å². The molecular weight excluding hydrogens is 363 g/mol. The number of benzene rings is 1. The van der Waals surface area contributed by atoms with Gasteiger partial charge in [0.15, 0.2) is 5.82 Å². The van der Waals surface area contributed by atoms with Crippen LogP contribution in [-0.4, -0.2) is 29.4 Å². The van der Waals surface area contributed by atoms with Crippen LogP contribution in [0.4, 0.5) is 0 Å². The van der Waals surface area contributed by atoms with Crippen molar-refractivity contribution in [2.45, 2.75) is 6.92 Å². The van der Waals surface area contributed by atoms with E-state index in [4.69, 9.17) is 23.2 Å². The van der Waals surface area contributed by atoms with Gasteiger partial charge < -0.3 is 0 Å². The molecule has 10 heteroatoms. The molecule has 3 aromatic heterocycles. The van der Waals surface area contributed by atoms with E-state index in [9.17, 15) is 0 Å². The summed E-state index contributed by atoms with van der Waals surface area (Å²) < 4.78 is 5.62. The smallest absolute Gasteiger partial charge is 0.181 e. The molecule has 3 heterocycles. The first-order valence-electron chi connectivity index (χ1n) is 6.10. The molecule has 0 aliphatic carbocycles. The zero-order valence-electron chi connectivity index (χ0n) is 11.0. The summed E-state index contributed by atoms with van der Waals surface area (Å²) in [5, 5.41) is 18.8. The summed E-state index contributed by atoms with van der Waals surface area (Å²) in [6.45, 7) is 1.88. The van der Waals surface area contributed by atoms with Crippen LogP contribution in [0.25, 0.3) is 26.2 Å². The molecule has 0 spiro atoms. The second-order valence-electron chi connectivity index (χ2n) is 4.47. The fraction of sp³-hybridized carbons (Fsp3) is 0.0833. The van der Waals surface area contributed by atoms with Gasteiger partial charge in [0.05, 0.1) is 5.69 Å². The van der Waals surface area contributed by atoms with E-state index < -0.39 is 0 Å².